The molecule has 6 nitrogen and oxygen atoms in total. The number of rotatable bonds is 9. The second-order valence-corrected chi connectivity index (χ2v) is 8.05. The van der Waals surface area contributed by atoms with Gasteiger partial charge in [-0.15, -0.1) is 0 Å². The fourth-order valence-corrected chi connectivity index (χ4v) is 3.90. The van der Waals surface area contributed by atoms with E-state index in [2.05, 4.69) is 16.8 Å². The van der Waals surface area contributed by atoms with Gasteiger partial charge in [0.25, 0.3) is 5.91 Å². The van der Waals surface area contributed by atoms with Crippen molar-refractivity contribution in [3.63, 3.8) is 0 Å². The monoisotopic (exact) mass is 455 g/mol. The predicted molar refractivity (Wildman–Crippen MR) is 132 cm³/mol. The number of carbonyl (C=O) groups is 2. The number of ether oxygens (including phenoxy) is 1. The Morgan fingerprint density at radius 2 is 1.65 bits per heavy atom. The van der Waals surface area contributed by atoms with Crippen LogP contribution in [0.1, 0.15) is 47.5 Å². The SMILES string of the molecule is CCCn1c(C)cc(/C=C(\C#N)C(=O)OCC(=O)NC(c2ccccc2)c2ccccc2)c1C. The van der Waals surface area contributed by atoms with Gasteiger partial charge in [-0.2, -0.15) is 5.26 Å². The summed E-state index contributed by atoms with van der Waals surface area (Å²) < 4.78 is 7.32. The number of nitrogens with zero attached hydrogens (tertiary/aromatic N) is 2. The minimum absolute atomic E-state index is 0.146. The molecule has 0 aliphatic carbocycles. The highest BCUT2D eigenvalue weighted by molar-refractivity contribution is 5.99. The molecular weight excluding hydrogens is 426 g/mol. The van der Waals surface area contributed by atoms with E-state index >= 15 is 0 Å². The highest BCUT2D eigenvalue weighted by Crippen LogP contribution is 2.22. The third kappa shape index (κ3) is 6.02. The average molecular weight is 456 g/mol. The van der Waals surface area contributed by atoms with Crippen LogP contribution in [0.15, 0.2) is 72.3 Å². The second kappa shape index (κ2) is 11.7. The Balaban J connectivity index is 1.69. The minimum atomic E-state index is -0.825. The molecule has 0 spiro atoms. The maximum Gasteiger partial charge on any atom is 0.349 e. The minimum Gasteiger partial charge on any atom is -0.451 e. The average Bonchev–Trinajstić information content (AvgIpc) is 3.13. The Bertz CT molecular complexity index is 1170. The van der Waals surface area contributed by atoms with Crippen LogP contribution in [0.4, 0.5) is 0 Å². The first-order valence-electron chi connectivity index (χ1n) is 11.3. The zero-order chi connectivity index (χ0) is 24.5. The molecule has 1 N–H and O–H groups in total. The van der Waals surface area contributed by atoms with E-state index in [0.717, 1.165) is 41.0 Å². The van der Waals surface area contributed by atoms with Crippen LogP contribution < -0.4 is 5.32 Å². The largest absolute Gasteiger partial charge is 0.451 e. The molecule has 0 aliphatic heterocycles. The summed E-state index contributed by atoms with van der Waals surface area (Å²) >= 11 is 0. The van der Waals surface area contributed by atoms with Gasteiger partial charge in [0, 0.05) is 17.9 Å². The van der Waals surface area contributed by atoms with Crippen molar-refractivity contribution in [2.24, 2.45) is 0 Å². The van der Waals surface area contributed by atoms with Gasteiger partial charge in [-0.3, -0.25) is 4.79 Å². The first kappa shape index (κ1) is 24.5. The summed E-state index contributed by atoms with van der Waals surface area (Å²) in [7, 11) is 0. The molecule has 0 fully saturated rings. The van der Waals surface area contributed by atoms with E-state index in [4.69, 9.17) is 4.74 Å². The highest BCUT2D eigenvalue weighted by Gasteiger charge is 2.19. The van der Waals surface area contributed by atoms with Gasteiger partial charge < -0.3 is 14.6 Å². The molecule has 0 radical (unpaired) electrons. The van der Waals surface area contributed by atoms with Crippen molar-refractivity contribution in [2.75, 3.05) is 6.61 Å². The lowest BCUT2D eigenvalue weighted by atomic mass is 9.99. The molecule has 1 heterocycles. The molecule has 1 aromatic heterocycles. The number of amides is 1. The van der Waals surface area contributed by atoms with E-state index in [1.165, 1.54) is 6.08 Å². The third-order valence-corrected chi connectivity index (χ3v) is 5.61. The third-order valence-electron chi connectivity index (χ3n) is 5.61. The molecule has 3 rings (SSSR count). The van der Waals surface area contributed by atoms with Gasteiger partial charge in [0.1, 0.15) is 11.6 Å². The van der Waals surface area contributed by atoms with Crippen molar-refractivity contribution in [3.8, 4) is 6.07 Å². The number of hydrogen-bond donors (Lipinski definition) is 1. The van der Waals surface area contributed by atoms with Crippen molar-refractivity contribution < 1.29 is 14.3 Å². The Morgan fingerprint density at radius 3 is 2.18 bits per heavy atom. The van der Waals surface area contributed by atoms with E-state index in [1.54, 1.807) is 0 Å². The Kier molecular flexibility index (Phi) is 8.42. The van der Waals surface area contributed by atoms with Gasteiger partial charge in [-0.1, -0.05) is 67.6 Å². The number of nitrogens with one attached hydrogen (secondary N) is 1. The number of benzene rings is 2. The molecule has 0 unspecified atom stereocenters. The van der Waals surface area contributed by atoms with Gasteiger partial charge in [-0.25, -0.2) is 4.79 Å². The van der Waals surface area contributed by atoms with Crippen LogP contribution in [0.3, 0.4) is 0 Å². The number of hydrogen-bond acceptors (Lipinski definition) is 4. The number of carbonyl (C=O) groups excluding carboxylic acids is 2. The first-order chi connectivity index (χ1) is 16.4. The van der Waals surface area contributed by atoms with Crippen LogP contribution in [0.25, 0.3) is 6.08 Å². The maximum absolute atomic E-state index is 12.7. The van der Waals surface area contributed by atoms with Crippen molar-refractivity contribution in [1.29, 1.82) is 5.26 Å². The number of nitriles is 1. The van der Waals surface area contributed by atoms with Gasteiger partial charge in [0.05, 0.1) is 6.04 Å². The van der Waals surface area contributed by atoms with Gasteiger partial charge in [0.15, 0.2) is 6.61 Å². The molecule has 0 saturated carbocycles. The fourth-order valence-electron chi connectivity index (χ4n) is 3.90. The van der Waals surface area contributed by atoms with E-state index in [-0.39, 0.29) is 11.6 Å². The lowest BCUT2D eigenvalue weighted by Crippen LogP contribution is -2.33. The van der Waals surface area contributed by atoms with E-state index in [9.17, 15) is 14.9 Å². The van der Waals surface area contributed by atoms with Gasteiger partial charge in [0.2, 0.25) is 0 Å². The van der Waals surface area contributed by atoms with Crippen molar-refractivity contribution in [3.05, 3.63) is 100 Å². The summed E-state index contributed by atoms with van der Waals surface area (Å²) in [6.07, 6.45) is 2.50. The molecule has 3 aromatic rings. The van der Waals surface area contributed by atoms with Crippen LogP contribution in [-0.2, 0) is 20.9 Å². The molecule has 6 heteroatoms. The number of aryl methyl sites for hydroxylation is 1. The Hall–Kier alpha value is -4.11. The molecule has 0 bridgehead atoms. The summed E-state index contributed by atoms with van der Waals surface area (Å²) in [5, 5.41) is 12.4. The topological polar surface area (TPSA) is 84.1 Å². The Labute approximate surface area is 200 Å². The zero-order valence-corrected chi connectivity index (χ0v) is 19.7. The van der Waals surface area contributed by atoms with E-state index in [0.29, 0.717) is 0 Å². The van der Waals surface area contributed by atoms with Crippen LogP contribution >= 0.6 is 0 Å². The molecule has 34 heavy (non-hydrogen) atoms. The molecule has 174 valence electrons. The molecule has 0 saturated heterocycles. The predicted octanol–water partition coefficient (Wildman–Crippen LogP) is 4.87. The summed E-state index contributed by atoms with van der Waals surface area (Å²) in [6, 6.07) is 22.6. The van der Waals surface area contributed by atoms with E-state index < -0.39 is 18.5 Å². The normalized spacial score (nSPS) is 11.2. The zero-order valence-electron chi connectivity index (χ0n) is 19.7. The van der Waals surface area contributed by atoms with Crippen LogP contribution in [0.5, 0.6) is 0 Å². The summed E-state index contributed by atoms with van der Waals surface area (Å²) in [4.78, 5) is 25.2. The van der Waals surface area contributed by atoms with Gasteiger partial charge >= 0.3 is 5.97 Å². The number of aromatic nitrogens is 1. The lowest BCUT2D eigenvalue weighted by Gasteiger charge is -2.19. The van der Waals surface area contributed by atoms with E-state index in [1.807, 2.05) is 86.6 Å². The quantitative estimate of drug-likeness (QED) is 0.283. The summed E-state index contributed by atoms with van der Waals surface area (Å²) in [5.41, 5.74) is 4.50. The van der Waals surface area contributed by atoms with Gasteiger partial charge in [-0.05, 0) is 49.1 Å². The van der Waals surface area contributed by atoms with Crippen molar-refractivity contribution in [1.82, 2.24) is 9.88 Å². The summed E-state index contributed by atoms with van der Waals surface area (Å²) in [5.74, 6) is -1.28. The molecular formula is C28H29N3O3. The molecule has 0 atom stereocenters. The van der Waals surface area contributed by atoms with Crippen molar-refractivity contribution >= 4 is 18.0 Å². The summed E-state index contributed by atoms with van der Waals surface area (Å²) in [6.45, 7) is 6.42. The van der Waals surface area contributed by atoms with Crippen LogP contribution in [0, 0.1) is 25.2 Å². The standard InChI is InChI=1S/C28H29N3O3/c1-4-15-31-20(2)16-24(21(31)3)17-25(18-29)28(33)34-19-26(32)30-27(22-11-7-5-8-12-22)23-13-9-6-10-14-23/h5-14,16-17,27H,4,15,19H2,1-3H3,(H,30,32)/b25-17+. The lowest BCUT2D eigenvalue weighted by molar-refractivity contribution is -0.144. The molecule has 0 aliphatic rings. The van der Waals surface area contributed by atoms with Crippen LogP contribution in [-0.4, -0.2) is 23.1 Å². The second-order valence-electron chi connectivity index (χ2n) is 8.05. The Morgan fingerprint density at radius 1 is 1.06 bits per heavy atom. The molecule has 1 amide bonds. The maximum atomic E-state index is 12.7. The highest BCUT2D eigenvalue weighted by atomic mass is 16.5. The fraction of sp³-hybridized carbons (Fsp3) is 0.250. The van der Waals surface area contributed by atoms with Crippen LogP contribution in [0.2, 0.25) is 0 Å². The smallest absolute Gasteiger partial charge is 0.349 e. The van der Waals surface area contributed by atoms with Crippen molar-refractivity contribution in [2.45, 2.75) is 39.8 Å². The molecule has 2 aromatic carbocycles. The number of esters is 1. The first-order valence-corrected chi connectivity index (χ1v) is 11.3.